The molecule has 1 unspecified atom stereocenters. The van der Waals surface area contributed by atoms with Gasteiger partial charge in [-0.3, -0.25) is 4.90 Å². The van der Waals surface area contributed by atoms with Crippen LogP contribution in [0.15, 0.2) is 24.3 Å². The molecule has 1 saturated heterocycles. The number of nitrogens with one attached hydrogen (secondary N) is 1. The molecule has 2 aliphatic rings. The minimum absolute atomic E-state index is 0.752. The van der Waals surface area contributed by atoms with Crippen LogP contribution in [0.2, 0.25) is 0 Å². The Kier molecular flexibility index (Phi) is 16.6. The Labute approximate surface area is 241 Å². The molecule has 0 bridgehead atoms. The normalized spacial score (nSPS) is 17.3. The summed E-state index contributed by atoms with van der Waals surface area (Å²) in [5.74, 6) is -7.44. The van der Waals surface area contributed by atoms with Crippen LogP contribution < -0.4 is 5.32 Å². The molecular formula is C25H34F9N3O6. The highest BCUT2D eigenvalue weighted by atomic mass is 19.4. The molecule has 1 aliphatic carbocycles. The summed E-state index contributed by atoms with van der Waals surface area (Å²) in [7, 11) is 4.28. The maximum atomic E-state index is 10.6. The number of nitrogens with zero attached hydrogens (tertiary/aromatic N) is 2. The number of carbonyl (C=O) groups is 3. The van der Waals surface area contributed by atoms with Gasteiger partial charge in [0.25, 0.3) is 0 Å². The van der Waals surface area contributed by atoms with Gasteiger partial charge < -0.3 is 25.5 Å². The molecule has 9 nitrogen and oxygen atoms in total. The average Bonchev–Trinajstić information content (AvgIpc) is 3.31. The second-order valence-electron chi connectivity index (χ2n) is 9.75. The quantitative estimate of drug-likeness (QED) is 0.269. The van der Waals surface area contributed by atoms with E-state index in [-0.39, 0.29) is 0 Å². The van der Waals surface area contributed by atoms with E-state index in [4.69, 9.17) is 29.7 Å². The topological polar surface area (TPSA) is 130 Å². The van der Waals surface area contributed by atoms with E-state index in [1.165, 1.54) is 45.3 Å². The number of carboxylic acid groups (broad SMARTS) is 3. The van der Waals surface area contributed by atoms with Gasteiger partial charge in [-0.2, -0.15) is 39.5 Å². The molecule has 248 valence electrons. The fourth-order valence-corrected chi connectivity index (χ4v) is 4.00. The molecule has 1 aliphatic heterocycles. The van der Waals surface area contributed by atoms with Gasteiger partial charge >= 0.3 is 36.4 Å². The van der Waals surface area contributed by atoms with Crippen LogP contribution in [-0.4, -0.2) is 114 Å². The fraction of sp³-hybridized carbons (Fsp3) is 0.640. The van der Waals surface area contributed by atoms with Crippen LogP contribution in [0, 0.1) is 5.92 Å². The highest BCUT2D eigenvalue weighted by molar-refractivity contribution is 5.73. The molecule has 43 heavy (non-hydrogen) atoms. The van der Waals surface area contributed by atoms with E-state index in [1.807, 2.05) is 0 Å². The zero-order chi connectivity index (χ0) is 33.6. The first kappa shape index (κ1) is 39.9. The molecule has 0 saturated carbocycles. The van der Waals surface area contributed by atoms with Crippen molar-refractivity contribution in [2.24, 2.45) is 5.92 Å². The largest absolute Gasteiger partial charge is 0.490 e. The number of fused-ring (bicyclic) bond motifs is 1. The van der Waals surface area contributed by atoms with Gasteiger partial charge in [-0.1, -0.05) is 24.3 Å². The second-order valence-corrected chi connectivity index (χ2v) is 9.75. The Morgan fingerprint density at radius 1 is 0.837 bits per heavy atom. The number of rotatable bonds is 6. The number of hydrogen-bond donors (Lipinski definition) is 4. The van der Waals surface area contributed by atoms with Crippen molar-refractivity contribution in [3.8, 4) is 0 Å². The van der Waals surface area contributed by atoms with Crippen LogP contribution >= 0.6 is 0 Å². The van der Waals surface area contributed by atoms with Crippen molar-refractivity contribution in [2.45, 2.75) is 50.3 Å². The van der Waals surface area contributed by atoms with Crippen molar-refractivity contribution >= 4 is 17.9 Å². The molecule has 3 rings (SSSR count). The van der Waals surface area contributed by atoms with E-state index >= 15 is 0 Å². The van der Waals surface area contributed by atoms with Gasteiger partial charge in [-0.25, -0.2) is 14.4 Å². The van der Waals surface area contributed by atoms with Gasteiger partial charge in [-0.05, 0) is 69.9 Å². The SMILES string of the molecule is CN(C)CCNCC1CCCN(C2Cc3ccccc3C2)C1.O=C(O)C(F)(F)F.O=C(O)C(F)(F)F.O=C(O)C(F)(F)F. The Bertz CT molecular complexity index is 935. The molecule has 0 spiro atoms. The molecule has 0 radical (unpaired) electrons. The maximum Gasteiger partial charge on any atom is 0.490 e. The van der Waals surface area contributed by atoms with Crippen molar-refractivity contribution < 1.29 is 69.2 Å². The van der Waals surface area contributed by atoms with Crippen molar-refractivity contribution in [1.82, 2.24) is 15.1 Å². The number of halogens is 9. The van der Waals surface area contributed by atoms with E-state index in [0.717, 1.165) is 25.0 Å². The van der Waals surface area contributed by atoms with Crippen LogP contribution in [0.1, 0.15) is 24.0 Å². The number of alkyl halides is 9. The zero-order valence-corrected chi connectivity index (χ0v) is 23.2. The minimum Gasteiger partial charge on any atom is -0.475 e. The predicted octanol–water partition coefficient (Wildman–Crippen LogP) is 3.92. The number of aliphatic carboxylic acids is 3. The van der Waals surface area contributed by atoms with Crippen LogP contribution in [0.4, 0.5) is 39.5 Å². The number of hydrogen-bond acceptors (Lipinski definition) is 6. The lowest BCUT2D eigenvalue weighted by Gasteiger charge is -2.37. The minimum atomic E-state index is -5.08. The lowest BCUT2D eigenvalue weighted by atomic mass is 9.96. The molecule has 4 N–H and O–H groups in total. The van der Waals surface area contributed by atoms with E-state index in [1.54, 1.807) is 11.1 Å². The molecule has 0 aromatic heterocycles. The monoisotopic (exact) mass is 643 g/mol. The fourth-order valence-electron chi connectivity index (χ4n) is 4.00. The molecule has 18 heteroatoms. The molecule has 0 amide bonds. The summed E-state index contributed by atoms with van der Waals surface area (Å²) >= 11 is 0. The van der Waals surface area contributed by atoms with Crippen LogP contribution in [0.25, 0.3) is 0 Å². The van der Waals surface area contributed by atoms with Crippen LogP contribution in [-0.2, 0) is 27.2 Å². The first-order chi connectivity index (χ1) is 19.6. The maximum absolute atomic E-state index is 10.6. The molecule has 1 fully saturated rings. The third-order valence-electron chi connectivity index (χ3n) is 5.99. The number of likely N-dealkylation sites (N-methyl/N-ethyl adjacent to an activating group) is 1. The second kappa shape index (κ2) is 17.9. The van der Waals surface area contributed by atoms with E-state index in [9.17, 15) is 39.5 Å². The molecule has 1 aromatic carbocycles. The standard InChI is InChI=1S/C19H31N3.3C2HF3O2/c1-21(2)11-9-20-14-16-6-5-10-22(15-16)19-12-17-7-3-4-8-18(17)13-19;3*3-2(4,5)1(6)7/h3-4,7-8,16,19-20H,5-6,9-15H2,1-2H3;3*(H,6,7). The first-order valence-corrected chi connectivity index (χ1v) is 12.6. The lowest BCUT2D eigenvalue weighted by molar-refractivity contribution is -0.193. The first-order valence-electron chi connectivity index (χ1n) is 12.6. The third kappa shape index (κ3) is 17.6. The van der Waals surface area contributed by atoms with Gasteiger partial charge in [0.05, 0.1) is 0 Å². The van der Waals surface area contributed by atoms with Gasteiger partial charge in [0.1, 0.15) is 0 Å². The van der Waals surface area contributed by atoms with Crippen molar-refractivity contribution in [2.75, 3.05) is 46.8 Å². The lowest BCUT2D eigenvalue weighted by Crippen LogP contribution is -2.45. The Morgan fingerprint density at radius 3 is 1.58 bits per heavy atom. The predicted molar refractivity (Wildman–Crippen MR) is 134 cm³/mol. The van der Waals surface area contributed by atoms with Gasteiger partial charge in [0.15, 0.2) is 0 Å². The zero-order valence-electron chi connectivity index (χ0n) is 23.2. The highest BCUT2D eigenvalue weighted by Crippen LogP contribution is 2.28. The number of carboxylic acids is 3. The summed E-state index contributed by atoms with van der Waals surface area (Å²) in [5, 5.41) is 25.0. The van der Waals surface area contributed by atoms with Crippen molar-refractivity contribution in [1.29, 1.82) is 0 Å². The summed E-state index contributed by atoms with van der Waals surface area (Å²) in [4.78, 5) is 31.7. The molecule has 1 aromatic rings. The average molecular weight is 644 g/mol. The summed E-state index contributed by atoms with van der Waals surface area (Å²) in [6.45, 7) is 6.01. The van der Waals surface area contributed by atoms with E-state index in [2.05, 4.69) is 53.5 Å². The van der Waals surface area contributed by atoms with Crippen molar-refractivity contribution in [3.05, 3.63) is 35.4 Å². The Morgan fingerprint density at radius 2 is 1.23 bits per heavy atom. The smallest absolute Gasteiger partial charge is 0.475 e. The number of likely N-dealkylation sites (tertiary alicyclic amines) is 1. The summed E-state index contributed by atoms with van der Waals surface area (Å²) in [5.41, 5.74) is 3.16. The van der Waals surface area contributed by atoms with E-state index < -0.39 is 36.4 Å². The van der Waals surface area contributed by atoms with Gasteiger partial charge in [0.2, 0.25) is 0 Å². The molecule has 1 heterocycles. The number of piperidine rings is 1. The molecular weight excluding hydrogens is 609 g/mol. The number of benzene rings is 1. The Balaban J connectivity index is 0.000000690. The van der Waals surface area contributed by atoms with Crippen LogP contribution in [0.3, 0.4) is 0 Å². The van der Waals surface area contributed by atoms with E-state index in [0.29, 0.717) is 0 Å². The highest BCUT2D eigenvalue weighted by Gasteiger charge is 2.39. The summed E-state index contributed by atoms with van der Waals surface area (Å²) < 4.78 is 95.2. The Hall–Kier alpha value is -3.12. The molecule has 1 atom stereocenters. The van der Waals surface area contributed by atoms with Crippen LogP contribution in [0.5, 0.6) is 0 Å². The van der Waals surface area contributed by atoms with Gasteiger partial charge in [0, 0.05) is 25.7 Å². The summed E-state index contributed by atoms with van der Waals surface area (Å²) in [6, 6.07) is 9.77. The van der Waals surface area contributed by atoms with Crippen molar-refractivity contribution in [3.63, 3.8) is 0 Å². The third-order valence-corrected chi connectivity index (χ3v) is 5.99. The summed E-state index contributed by atoms with van der Waals surface area (Å²) in [6.07, 6.45) is -9.97. The van der Waals surface area contributed by atoms with Gasteiger partial charge in [-0.15, -0.1) is 0 Å².